The van der Waals surface area contributed by atoms with Crippen molar-refractivity contribution in [2.24, 2.45) is 0 Å². The summed E-state index contributed by atoms with van der Waals surface area (Å²) in [4.78, 5) is 15.5. The Hall–Kier alpha value is -1.83. The minimum absolute atomic E-state index is 0.111. The lowest BCUT2D eigenvalue weighted by molar-refractivity contribution is -0.0375. The van der Waals surface area contributed by atoms with E-state index in [9.17, 15) is 20.1 Å². The van der Waals surface area contributed by atoms with Crippen molar-refractivity contribution in [1.29, 1.82) is 0 Å². The van der Waals surface area contributed by atoms with Crippen LogP contribution in [0.3, 0.4) is 0 Å². The largest absolute Gasteiger partial charge is 0.465 e. The van der Waals surface area contributed by atoms with Crippen molar-refractivity contribution in [1.82, 2.24) is 9.80 Å². The molecule has 0 aliphatic carbocycles. The predicted octanol–water partition coefficient (Wildman–Crippen LogP) is 5.20. The van der Waals surface area contributed by atoms with Gasteiger partial charge in [0.2, 0.25) is 0 Å². The molecule has 3 N–H and O–H groups in total. The third-order valence-corrected chi connectivity index (χ3v) is 7.43. The SMILES string of the molecule is CC(C)(C)N(CC(c1ccc(Cl)c(Cl)c1)C(O)CN1CCC(O)(c2ccccc2)CC1)C(=O)O. The van der Waals surface area contributed by atoms with Crippen LogP contribution in [-0.2, 0) is 5.60 Å². The monoisotopic (exact) mass is 508 g/mol. The Morgan fingerprint density at radius 1 is 1.09 bits per heavy atom. The van der Waals surface area contributed by atoms with E-state index in [0.29, 0.717) is 42.5 Å². The summed E-state index contributed by atoms with van der Waals surface area (Å²) >= 11 is 12.3. The van der Waals surface area contributed by atoms with E-state index in [1.165, 1.54) is 4.90 Å². The summed E-state index contributed by atoms with van der Waals surface area (Å²) in [6.07, 6.45) is -0.769. The van der Waals surface area contributed by atoms with E-state index >= 15 is 0 Å². The van der Waals surface area contributed by atoms with E-state index in [1.54, 1.807) is 18.2 Å². The molecule has 1 amide bonds. The first-order chi connectivity index (χ1) is 15.9. The summed E-state index contributed by atoms with van der Waals surface area (Å²) in [7, 11) is 0. The molecule has 1 aliphatic rings. The van der Waals surface area contributed by atoms with Crippen molar-refractivity contribution < 1.29 is 20.1 Å². The molecule has 186 valence electrons. The van der Waals surface area contributed by atoms with Gasteiger partial charge < -0.3 is 25.1 Å². The number of halogens is 2. The van der Waals surface area contributed by atoms with Gasteiger partial charge in [-0.05, 0) is 56.9 Å². The normalized spacial score (nSPS) is 18.3. The van der Waals surface area contributed by atoms with Crippen molar-refractivity contribution in [2.75, 3.05) is 26.2 Å². The molecule has 34 heavy (non-hydrogen) atoms. The topological polar surface area (TPSA) is 84.2 Å². The van der Waals surface area contributed by atoms with Crippen LogP contribution < -0.4 is 0 Å². The minimum atomic E-state index is -1.05. The highest BCUT2D eigenvalue weighted by Crippen LogP contribution is 2.34. The lowest BCUT2D eigenvalue weighted by Crippen LogP contribution is -2.50. The summed E-state index contributed by atoms with van der Waals surface area (Å²) in [6.45, 7) is 7.20. The Labute approximate surface area is 211 Å². The van der Waals surface area contributed by atoms with E-state index in [4.69, 9.17) is 23.2 Å². The number of rotatable bonds is 7. The molecule has 8 heteroatoms. The van der Waals surface area contributed by atoms with Gasteiger partial charge in [-0.1, -0.05) is 59.6 Å². The molecule has 0 aromatic heterocycles. The number of hydrogen-bond acceptors (Lipinski definition) is 4. The van der Waals surface area contributed by atoms with Crippen LogP contribution in [0.1, 0.15) is 50.7 Å². The van der Waals surface area contributed by atoms with Gasteiger partial charge in [-0.2, -0.15) is 0 Å². The van der Waals surface area contributed by atoms with Crippen molar-refractivity contribution in [3.05, 3.63) is 69.7 Å². The highest BCUT2D eigenvalue weighted by Gasteiger charge is 2.37. The number of aliphatic hydroxyl groups excluding tert-OH is 1. The Kier molecular flexibility index (Phi) is 8.53. The number of carboxylic acid groups (broad SMARTS) is 1. The fourth-order valence-electron chi connectivity index (χ4n) is 4.56. The predicted molar refractivity (Wildman–Crippen MR) is 136 cm³/mol. The van der Waals surface area contributed by atoms with Gasteiger partial charge in [0.15, 0.2) is 0 Å². The number of hydrogen-bond donors (Lipinski definition) is 3. The molecule has 0 spiro atoms. The number of nitrogens with zero attached hydrogens (tertiary/aromatic N) is 2. The molecule has 1 heterocycles. The average molecular weight is 509 g/mol. The number of β-amino-alcohol motifs (C(OH)–C–C–N with tert-alkyl or cyclic N) is 1. The van der Waals surface area contributed by atoms with Crippen LogP contribution in [0.2, 0.25) is 10.0 Å². The van der Waals surface area contributed by atoms with Crippen LogP contribution in [0.4, 0.5) is 4.79 Å². The molecule has 6 nitrogen and oxygen atoms in total. The lowest BCUT2D eigenvalue weighted by Gasteiger charge is -2.41. The molecule has 1 saturated heterocycles. The van der Waals surface area contributed by atoms with Gasteiger partial charge in [0.1, 0.15) is 0 Å². The number of likely N-dealkylation sites (tertiary alicyclic amines) is 1. The standard InChI is InChI=1S/C26H34Cl2N2O4/c1-25(2,3)30(24(32)33)16-20(18-9-10-21(27)22(28)15-18)23(31)17-29-13-11-26(34,12-14-29)19-7-5-4-6-8-19/h4-10,15,20,23,31,34H,11-14,16-17H2,1-3H3,(H,32,33). The molecule has 3 rings (SSSR count). The molecule has 2 unspecified atom stereocenters. The van der Waals surface area contributed by atoms with Gasteiger partial charge in [0, 0.05) is 37.6 Å². The molecule has 2 atom stereocenters. The van der Waals surface area contributed by atoms with E-state index in [-0.39, 0.29) is 6.54 Å². The second-order valence-corrected chi connectivity index (χ2v) is 10.9. The zero-order chi connectivity index (χ0) is 25.1. The third-order valence-electron chi connectivity index (χ3n) is 6.70. The molecule has 1 fully saturated rings. The van der Waals surface area contributed by atoms with Gasteiger partial charge in [-0.15, -0.1) is 0 Å². The van der Waals surface area contributed by atoms with E-state index < -0.39 is 29.3 Å². The smallest absolute Gasteiger partial charge is 0.407 e. The van der Waals surface area contributed by atoms with E-state index in [0.717, 1.165) is 11.1 Å². The van der Waals surface area contributed by atoms with Gasteiger partial charge >= 0.3 is 6.09 Å². The number of amides is 1. The molecule has 0 saturated carbocycles. The second kappa shape index (κ2) is 10.8. The summed E-state index contributed by atoms with van der Waals surface area (Å²) in [5, 5.41) is 33.0. The molecule has 0 radical (unpaired) electrons. The van der Waals surface area contributed by atoms with Crippen LogP contribution in [0.15, 0.2) is 48.5 Å². The molecular weight excluding hydrogens is 475 g/mol. The first kappa shape index (κ1) is 26.8. The Morgan fingerprint density at radius 3 is 2.24 bits per heavy atom. The van der Waals surface area contributed by atoms with Crippen LogP contribution in [0.25, 0.3) is 0 Å². The summed E-state index contributed by atoms with van der Waals surface area (Å²) < 4.78 is 0. The molecular formula is C26H34Cl2N2O4. The number of aliphatic hydroxyl groups is 2. The maximum absolute atomic E-state index is 12.0. The molecule has 0 bridgehead atoms. The highest BCUT2D eigenvalue weighted by atomic mass is 35.5. The van der Waals surface area contributed by atoms with Crippen LogP contribution >= 0.6 is 23.2 Å². The van der Waals surface area contributed by atoms with Crippen LogP contribution in [0.5, 0.6) is 0 Å². The first-order valence-corrected chi connectivity index (χ1v) is 12.3. The summed E-state index contributed by atoms with van der Waals surface area (Å²) in [5.41, 5.74) is 0.122. The highest BCUT2D eigenvalue weighted by molar-refractivity contribution is 6.42. The Bertz CT molecular complexity index is 973. The second-order valence-electron chi connectivity index (χ2n) is 10.1. The van der Waals surface area contributed by atoms with Crippen molar-refractivity contribution in [2.45, 2.75) is 56.8 Å². The molecule has 1 aliphatic heterocycles. The molecule has 2 aromatic carbocycles. The number of carbonyl (C=O) groups is 1. The average Bonchev–Trinajstić information content (AvgIpc) is 2.77. The van der Waals surface area contributed by atoms with E-state index in [1.807, 2.05) is 51.1 Å². The lowest BCUT2D eigenvalue weighted by atomic mass is 9.84. The quantitative estimate of drug-likeness (QED) is 0.478. The van der Waals surface area contributed by atoms with Gasteiger partial charge in [-0.25, -0.2) is 4.79 Å². The van der Waals surface area contributed by atoms with Crippen molar-refractivity contribution >= 4 is 29.3 Å². The summed E-state index contributed by atoms with van der Waals surface area (Å²) in [6, 6.07) is 14.8. The van der Waals surface area contributed by atoms with Gasteiger partial charge in [-0.3, -0.25) is 0 Å². The van der Waals surface area contributed by atoms with Crippen molar-refractivity contribution in [3.8, 4) is 0 Å². The zero-order valence-corrected chi connectivity index (χ0v) is 21.4. The summed E-state index contributed by atoms with van der Waals surface area (Å²) in [5.74, 6) is -0.500. The minimum Gasteiger partial charge on any atom is -0.465 e. The van der Waals surface area contributed by atoms with Gasteiger partial charge in [0.05, 0.1) is 21.8 Å². The number of piperidine rings is 1. The Balaban J connectivity index is 1.77. The zero-order valence-electron chi connectivity index (χ0n) is 19.9. The maximum Gasteiger partial charge on any atom is 0.407 e. The molecule has 2 aromatic rings. The maximum atomic E-state index is 12.0. The third kappa shape index (κ3) is 6.43. The first-order valence-electron chi connectivity index (χ1n) is 11.5. The van der Waals surface area contributed by atoms with Gasteiger partial charge in [0.25, 0.3) is 0 Å². The fraction of sp³-hybridized carbons (Fsp3) is 0.500. The van der Waals surface area contributed by atoms with E-state index in [2.05, 4.69) is 4.90 Å². The van der Waals surface area contributed by atoms with Crippen LogP contribution in [-0.4, -0.2) is 69.0 Å². The van der Waals surface area contributed by atoms with Crippen LogP contribution in [0, 0.1) is 0 Å². The Morgan fingerprint density at radius 2 is 1.71 bits per heavy atom. The number of benzene rings is 2. The van der Waals surface area contributed by atoms with Crippen molar-refractivity contribution in [3.63, 3.8) is 0 Å². The fourth-order valence-corrected chi connectivity index (χ4v) is 4.87.